The van der Waals surface area contributed by atoms with Crippen LogP contribution in [-0.4, -0.2) is 53.9 Å². The van der Waals surface area contributed by atoms with Gasteiger partial charge in [-0.1, -0.05) is 0 Å². The Balaban J connectivity index is 2.04. The van der Waals surface area contributed by atoms with Crippen LogP contribution in [0.3, 0.4) is 0 Å². The van der Waals surface area contributed by atoms with Gasteiger partial charge in [-0.15, -0.1) is 0 Å². The number of aromatic nitrogens is 1. The van der Waals surface area contributed by atoms with Crippen LogP contribution >= 0.6 is 0 Å². The van der Waals surface area contributed by atoms with Crippen molar-refractivity contribution in [1.82, 2.24) is 14.8 Å². The SMILES string of the molecule is CN1CCC(N(C)C(=O)c2cncc(N)c2)CC1. The van der Waals surface area contributed by atoms with Gasteiger partial charge in [-0.3, -0.25) is 9.78 Å². The van der Waals surface area contributed by atoms with Gasteiger partial charge in [0.1, 0.15) is 0 Å². The Bertz CT molecular complexity index is 427. The summed E-state index contributed by atoms with van der Waals surface area (Å²) in [6.07, 6.45) is 5.17. The zero-order chi connectivity index (χ0) is 13.1. The number of likely N-dealkylation sites (tertiary alicyclic amines) is 1. The van der Waals surface area contributed by atoms with Crippen molar-refractivity contribution in [3.8, 4) is 0 Å². The van der Waals surface area contributed by atoms with E-state index in [1.807, 2.05) is 11.9 Å². The molecule has 0 saturated carbocycles. The lowest BCUT2D eigenvalue weighted by Gasteiger charge is -2.35. The van der Waals surface area contributed by atoms with Crippen molar-refractivity contribution in [3.63, 3.8) is 0 Å². The first-order valence-corrected chi connectivity index (χ1v) is 6.24. The maximum atomic E-state index is 12.3. The van der Waals surface area contributed by atoms with E-state index in [1.165, 1.54) is 0 Å². The lowest BCUT2D eigenvalue weighted by molar-refractivity contribution is 0.0659. The highest BCUT2D eigenvalue weighted by atomic mass is 16.2. The standard InChI is InChI=1S/C13H20N4O/c1-16-5-3-12(4-6-16)17(2)13(18)10-7-11(14)9-15-8-10/h7-9,12H,3-6,14H2,1-2H3. The van der Waals surface area contributed by atoms with E-state index in [9.17, 15) is 4.79 Å². The van der Waals surface area contributed by atoms with Gasteiger partial charge < -0.3 is 15.5 Å². The molecule has 2 heterocycles. The molecule has 2 rings (SSSR count). The van der Waals surface area contributed by atoms with Crippen molar-refractivity contribution in [2.24, 2.45) is 0 Å². The van der Waals surface area contributed by atoms with Crippen LogP contribution in [0.1, 0.15) is 23.2 Å². The molecule has 0 spiro atoms. The van der Waals surface area contributed by atoms with E-state index in [0.29, 0.717) is 17.3 Å². The Labute approximate surface area is 108 Å². The summed E-state index contributed by atoms with van der Waals surface area (Å²) in [5.41, 5.74) is 6.75. The Hall–Kier alpha value is -1.62. The van der Waals surface area contributed by atoms with Crippen molar-refractivity contribution in [1.29, 1.82) is 0 Å². The van der Waals surface area contributed by atoms with E-state index in [-0.39, 0.29) is 5.91 Å². The number of rotatable bonds is 2. The fourth-order valence-corrected chi connectivity index (χ4v) is 2.33. The largest absolute Gasteiger partial charge is 0.397 e. The molecule has 0 radical (unpaired) electrons. The molecule has 5 nitrogen and oxygen atoms in total. The summed E-state index contributed by atoms with van der Waals surface area (Å²) < 4.78 is 0. The first kappa shape index (κ1) is 12.8. The summed E-state index contributed by atoms with van der Waals surface area (Å²) in [6.45, 7) is 2.08. The molecule has 1 aliphatic heterocycles. The number of nitrogens with two attached hydrogens (primary N) is 1. The number of hydrogen-bond acceptors (Lipinski definition) is 4. The molecule has 0 bridgehead atoms. The average Bonchev–Trinajstić information content (AvgIpc) is 2.38. The molecule has 5 heteroatoms. The van der Waals surface area contributed by atoms with E-state index >= 15 is 0 Å². The van der Waals surface area contributed by atoms with E-state index in [0.717, 1.165) is 25.9 Å². The van der Waals surface area contributed by atoms with Gasteiger partial charge >= 0.3 is 0 Å². The smallest absolute Gasteiger partial charge is 0.255 e. The summed E-state index contributed by atoms with van der Waals surface area (Å²) in [5.74, 6) is 0.00403. The molecular weight excluding hydrogens is 228 g/mol. The summed E-state index contributed by atoms with van der Waals surface area (Å²) in [5, 5.41) is 0. The van der Waals surface area contributed by atoms with Gasteiger partial charge in [-0.25, -0.2) is 0 Å². The summed E-state index contributed by atoms with van der Waals surface area (Å²) in [4.78, 5) is 20.4. The van der Waals surface area contributed by atoms with Crippen LogP contribution in [0.25, 0.3) is 0 Å². The molecule has 0 unspecified atom stereocenters. The molecule has 1 aromatic heterocycles. The summed E-state index contributed by atoms with van der Waals surface area (Å²) >= 11 is 0. The Morgan fingerprint density at radius 3 is 2.72 bits per heavy atom. The fraction of sp³-hybridized carbons (Fsp3) is 0.538. The highest BCUT2D eigenvalue weighted by Crippen LogP contribution is 2.17. The number of anilines is 1. The molecule has 2 N–H and O–H groups in total. The highest BCUT2D eigenvalue weighted by Gasteiger charge is 2.24. The van der Waals surface area contributed by atoms with Crippen molar-refractivity contribution in [2.75, 3.05) is 32.9 Å². The molecule has 98 valence electrons. The third-order valence-electron chi connectivity index (χ3n) is 3.56. The number of piperidine rings is 1. The maximum Gasteiger partial charge on any atom is 0.255 e. The maximum absolute atomic E-state index is 12.3. The number of pyridine rings is 1. The molecule has 1 fully saturated rings. The van der Waals surface area contributed by atoms with E-state index in [4.69, 9.17) is 5.73 Å². The van der Waals surface area contributed by atoms with Crippen LogP contribution in [0.4, 0.5) is 5.69 Å². The van der Waals surface area contributed by atoms with Gasteiger partial charge in [0.15, 0.2) is 0 Å². The Morgan fingerprint density at radius 1 is 1.44 bits per heavy atom. The number of nitrogens with zero attached hydrogens (tertiary/aromatic N) is 3. The van der Waals surface area contributed by atoms with Gasteiger partial charge in [-0.2, -0.15) is 0 Å². The Morgan fingerprint density at radius 2 is 2.11 bits per heavy atom. The van der Waals surface area contributed by atoms with Gasteiger partial charge in [0.25, 0.3) is 5.91 Å². The zero-order valence-electron chi connectivity index (χ0n) is 11.0. The highest BCUT2D eigenvalue weighted by molar-refractivity contribution is 5.94. The lowest BCUT2D eigenvalue weighted by Crippen LogP contribution is -2.44. The summed E-state index contributed by atoms with van der Waals surface area (Å²) in [6, 6.07) is 2.00. The molecule has 1 amide bonds. The zero-order valence-corrected chi connectivity index (χ0v) is 11.0. The molecule has 0 aliphatic carbocycles. The topological polar surface area (TPSA) is 62.5 Å². The Kier molecular flexibility index (Phi) is 3.81. The molecule has 1 saturated heterocycles. The first-order chi connectivity index (χ1) is 8.58. The van der Waals surface area contributed by atoms with Crippen LogP contribution < -0.4 is 5.73 Å². The molecular formula is C13H20N4O. The van der Waals surface area contributed by atoms with Crippen molar-refractivity contribution >= 4 is 11.6 Å². The van der Waals surface area contributed by atoms with Crippen LogP contribution in [0.5, 0.6) is 0 Å². The minimum absolute atomic E-state index is 0.00403. The van der Waals surface area contributed by atoms with E-state index in [1.54, 1.807) is 18.5 Å². The molecule has 1 aliphatic rings. The molecule has 0 atom stereocenters. The fourth-order valence-electron chi connectivity index (χ4n) is 2.33. The van der Waals surface area contributed by atoms with Crippen LogP contribution in [0.15, 0.2) is 18.5 Å². The predicted octanol–water partition coefficient (Wildman–Crippen LogP) is 0.830. The van der Waals surface area contributed by atoms with Crippen LogP contribution in [-0.2, 0) is 0 Å². The number of amides is 1. The van der Waals surface area contributed by atoms with E-state index < -0.39 is 0 Å². The van der Waals surface area contributed by atoms with Gasteiger partial charge in [-0.05, 0) is 39.0 Å². The molecule has 1 aromatic rings. The number of carbonyl (C=O) groups is 1. The molecule has 18 heavy (non-hydrogen) atoms. The van der Waals surface area contributed by atoms with Crippen molar-refractivity contribution in [3.05, 3.63) is 24.0 Å². The number of hydrogen-bond donors (Lipinski definition) is 1. The van der Waals surface area contributed by atoms with Crippen molar-refractivity contribution in [2.45, 2.75) is 18.9 Å². The second kappa shape index (κ2) is 5.35. The molecule has 0 aromatic carbocycles. The minimum atomic E-state index is 0.00403. The summed E-state index contributed by atoms with van der Waals surface area (Å²) in [7, 11) is 3.97. The van der Waals surface area contributed by atoms with Crippen LogP contribution in [0.2, 0.25) is 0 Å². The van der Waals surface area contributed by atoms with Gasteiger partial charge in [0.2, 0.25) is 0 Å². The number of carbonyl (C=O) groups excluding carboxylic acids is 1. The lowest BCUT2D eigenvalue weighted by atomic mass is 10.0. The first-order valence-electron chi connectivity index (χ1n) is 6.24. The monoisotopic (exact) mass is 248 g/mol. The average molecular weight is 248 g/mol. The minimum Gasteiger partial charge on any atom is -0.397 e. The van der Waals surface area contributed by atoms with Gasteiger partial charge in [0.05, 0.1) is 11.3 Å². The third kappa shape index (κ3) is 2.79. The quantitative estimate of drug-likeness (QED) is 0.842. The normalized spacial score (nSPS) is 17.7. The predicted molar refractivity (Wildman–Crippen MR) is 71.3 cm³/mol. The van der Waals surface area contributed by atoms with E-state index in [2.05, 4.69) is 16.9 Å². The van der Waals surface area contributed by atoms with Gasteiger partial charge in [0, 0.05) is 25.5 Å². The second-order valence-corrected chi connectivity index (χ2v) is 4.96. The number of nitrogen functional groups attached to an aromatic ring is 1. The second-order valence-electron chi connectivity index (χ2n) is 4.96. The third-order valence-corrected chi connectivity index (χ3v) is 3.56. The van der Waals surface area contributed by atoms with Crippen molar-refractivity contribution < 1.29 is 4.79 Å². The van der Waals surface area contributed by atoms with Crippen LogP contribution in [0, 0.1) is 0 Å².